The van der Waals surface area contributed by atoms with Crippen LogP contribution in [0.4, 0.5) is 5.82 Å². The molecule has 0 aliphatic carbocycles. The lowest BCUT2D eigenvalue weighted by Crippen LogP contribution is -2.45. The maximum Gasteiger partial charge on any atom is 0.328 e. The van der Waals surface area contributed by atoms with Crippen molar-refractivity contribution in [2.75, 3.05) is 38.5 Å². The summed E-state index contributed by atoms with van der Waals surface area (Å²) in [5, 5.41) is 3.50. The van der Waals surface area contributed by atoms with Gasteiger partial charge in [0, 0.05) is 6.54 Å². The number of nitrogens with one attached hydrogen (secondary N) is 2. The van der Waals surface area contributed by atoms with Crippen molar-refractivity contribution < 1.29 is 4.74 Å². The van der Waals surface area contributed by atoms with Gasteiger partial charge < -0.3 is 20.8 Å². The van der Waals surface area contributed by atoms with Gasteiger partial charge in [-0.2, -0.15) is 9.97 Å². The number of hydrogen-bond acceptors (Lipinski definition) is 7. The number of benzene rings is 1. The van der Waals surface area contributed by atoms with E-state index in [9.17, 15) is 4.79 Å². The lowest BCUT2D eigenvalue weighted by molar-refractivity contribution is 0.0701. The summed E-state index contributed by atoms with van der Waals surface area (Å²) < 4.78 is 7.23. The van der Waals surface area contributed by atoms with Crippen LogP contribution in [0.15, 0.2) is 29.1 Å². The Labute approximate surface area is 206 Å². The number of likely N-dealkylation sites (tertiary alicyclic amines) is 1. The Morgan fingerprint density at radius 1 is 1.03 bits per heavy atom. The van der Waals surface area contributed by atoms with E-state index in [0.717, 1.165) is 24.9 Å². The zero-order valence-corrected chi connectivity index (χ0v) is 20.7. The number of imidazole rings is 1. The summed E-state index contributed by atoms with van der Waals surface area (Å²) in [4.78, 5) is 26.7. The SMILES string of the molecule is CCCCOc1nc(N)c2[nH]c(=O)n(Cc3ccc(CN4CCC5(CCNCC5)CC4)cc3)c2n1. The Balaban J connectivity index is 1.24. The highest BCUT2D eigenvalue weighted by atomic mass is 16.5. The van der Waals surface area contributed by atoms with Crippen molar-refractivity contribution in [3.63, 3.8) is 0 Å². The molecule has 188 valence electrons. The van der Waals surface area contributed by atoms with Gasteiger partial charge in [-0.3, -0.25) is 9.47 Å². The fourth-order valence-corrected chi connectivity index (χ4v) is 5.38. The number of nitrogens with two attached hydrogens (primary N) is 1. The third kappa shape index (κ3) is 5.36. The molecule has 5 rings (SSSR count). The number of unbranched alkanes of at least 4 members (excludes halogenated alkanes) is 1. The molecule has 35 heavy (non-hydrogen) atoms. The molecule has 4 heterocycles. The number of nitrogen functional groups attached to an aromatic ring is 1. The third-order valence-corrected chi connectivity index (χ3v) is 7.71. The molecule has 0 atom stereocenters. The molecule has 0 saturated carbocycles. The minimum absolute atomic E-state index is 0.208. The summed E-state index contributed by atoms with van der Waals surface area (Å²) in [6.07, 6.45) is 7.19. The lowest BCUT2D eigenvalue weighted by Gasteiger charge is -2.44. The maximum atomic E-state index is 12.7. The van der Waals surface area contributed by atoms with Crippen LogP contribution in [-0.2, 0) is 13.1 Å². The molecular weight excluding hydrogens is 442 g/mol. The summed E-state index contributed by atoms with van der Waals surface area (Å²) in [7, 11) is 0. The van der Waals surface area contributed by atoms with Crippen LogP contribution in [0.2, 0.25) is 0 Å². The first-order valence-corrected chi connectivity index (χ1v) is 12.9. The van der Waals surface area contributed by atoms with Crippen molar-refractivity contribution in [1.29, 1.82) is 0 Å². The Morgan fingerprint density at radius 2 is 1.71 bits per heavy atom. The number of fused-ring (bicyclic) bond motifs is 1. The molecule has 2 saturated heterocycles. The van der Waals surface area contributed by atoms with Gasteiger partial charge in [-0.15, -0.1) is 0 Å². The van der Waals surface area contributed by atoms with E-state index >= 15 is 0 Å². The van der Waals surface area contributed by atoms with Crippen LogP contribution in [0.1, 0.15) is 56.6 Å². The number of ether oxygens (including phenoxy) is 1. The second kappa shape index (κ2) is 10.4. The van der Waals surface area contributed by atoms with Crippen molar-refractivity contribution in [3.05, 3.63) is 45.9 Å². The van der Waals surface area contributed by atoms with E-state index in [4.69, 9.17) is 10.5 Å². The normalized spacial score (nSPS) is 18.3. The first-order valence-electron chi connectivity index (χ1n) is 12.9. The topological polar surface area (TPSA) is 114 Å². The molecule has 3 aromatic rings. The summed E-state index contributed by atoms with van der Waals surface area (Å²) in [5.74, 6) is 0.223. The quantitative estimate of drug-likeness (QED) is 0.426. The standard InChI is InChI=1S/C26H37N7O2/c1-2-3-16-35-24-30-22(27)21-23(31-24)33(25(34)29-21)18-20-6-4-19(5-7-20)17-32-14-10-26(11-15-32)8-12-28-13-9-26/h4-7,28H,2-3,8-18H2,1H3,(H,29,34)(H2,27,30,31). The third-order valence-electron chi connectivity index (χ3n) is 7.71. The van der Waals surface area contributed by atoms with Gasteiger partial charge >= 0.3 is 11.7 Å². The van der Waals surface area contributed by atoms with Gasteiger partial charge in [-0.05, 0) is 74.8 Å². The average molecular weight is 480 g/mol. The van der Waals surface area contributed by atoms with Crippen LogP contribution in [0, 0.1) is 5.41 Å². The molecule has 2 aliphatic rings. The van der Waals surface area contributed by atoms with Crippen LogP contribution in [0.5, 0.6) is 6.01 Å². The molecule has 0 amide bonds. The maximum absolute atomic E-state index is 12.7. The number of piperidine rings is 2. The molecular formula is C26H37N7O2. The molecule has 2 aliphatic heterocycles. The number of anilines is 1. The van der Waals surface area contributed by atoms with E-state index < -0.39 is 0 Å². The van der Waals surface area contributed by atoms with Crippen molar-refractivity contribution in [1.82, 2.24) is 29.7 Å². The molecule has 1 aromatic carbocycles. The molecule has 0 unspecified atom stereocenters. The molecule has 9 nitrogen and oxygen atoms in total. The van der Waals surface area contributed by atoms with Gasteiger partial charge in [-0.25, -0.2) is 4.79 Å². The van der Waals surface area contributed by atoms with Crippen LogP contribution in [0.25, 0.3) is 11.2 Å². The minimum atomic E-state index is -0.254. The second-order valence-electron chi connectivity index (χ2n) is 10.2. The van der Waals surface area contributed by atoms with Crippen molar-refractivity contribution in [2.45, 2.75) is 58.5 Å². The van der Waals surface area contributed by atoms with E-state index in [1.54, 1.807) is 4.57 Å². The Morgan fingerprint density at radius 3 is 2.40 bits per heavy atom. The first kappa shape index (κ1) is 23.8. The average Bonchev–Trinajstić information content (AvgIpc) is 3.18. The number of aromatic amines is 1. The monoisotopic (exact) mass is 479 g/mol. The van der Waals surface area contributed by atoms with Crippen LogP contribution < -0.4 is 21.5 Å². The van der Waals surface area contributed by atoms with E-state index in [1.807, 2.05) is 0 Å². The van der Waals surface area contributed by atoms with E-state index in [-0.39, 0.29) is 17.5 Å². The molecule has 9 heteroatoms. The molecule has 0 bridgehead atoms. The van der Waals surface area contributed by atoms with Gasteiger partial charge in [0.25, 0.3) is 0 Å². The van der Waals surface area contributed by atoms with E-state index in [1.165, 1.54) is 57.4 Å². The van der Waals surface area contributed by atoms with Crippen LogP contribution >= 0.6 is 0 Å². The Bertz CT molecular complexity index is 1180. The van der Waals surface area contributed by atoms with E-state index in [0.29, 0.717) is 29.7 Å². The van der Waals surface area contributed by atoms with Crippen LogP contribution in [0.3, 0.4) is 0 Å². The van der Waals surface area contributed by atoms with Gasteiger partial charge in [-0.1, -0.05) is 37.6 Å². The minimum Gasteiger partial charge on any atom is -0.463 e. The van der Waals surface area contributed by atoms with Gasteiger partial charge in [0.15, 0.2) is 11.5 Å². The van der Waals surface area contributed by atoms with Gasteiger partial charge in [0.1, 0.15) is 5.52 Å². The highest BCUT2D eigenvalue weighted by Gasteiger charge is 2.35. The summed E-state index contributed by atoms with van der Waals surface area (Å²) in [5.41, 5.74) is 9.65. The van der Waals surface area contributed by atoms with Crippen molar-refractivity contribution in [2.24, 2.45) is 5.41 Å². The number of aromatic nitrogens is 4. The summed E-state index contributed by atoms with van der Waals surface area (Å²) >= 11 is 0. The predicted molar refractivity (Wildman–Crippen MR) is 138 cm³/mol. The second-order valence-corrected chi connectivity index (χ2v) is 10.2. The number of rotatable bonds is 8. The highest BCUT2D eigenvalue weighted by Crippen LogP contribution is 2.39. The molecule has 0 radical (unpaired) electrons. The Hall–Kier alpha value is -2.91. The first-order chi connectivity index (χ1) is 17.0. The predicted octanol–water partition coefficient (Wildman–Crippen LogP) is 2.89. The largest absolute Gasteiger partial charge is 0.463 e. The highest BCUT2D eigenvalue weighted by molar-refractivity contribution is 5.81. The number of H-pyrrole nitrogens is 1. The van der Waals surface area contributed by atoms with Crippen molar-refractivity contribution >= 4 is 17.0 Å². The van der Waals surface area contributed by atoms with Gasteiger partial charge in [0.2, 0.25) is 0 Å². The molecule has 1 spiro atoms. The van der Waals surface area contributed by atoms with Crippen molar-refractivity contribution in [3.8, 4) is 6.01 Å². The lowest BCUT2D eigenvalue weighted by atomic mass is 9.71. The number of nitrogens with zero attached hydrogens (tertiary/aromatic N) is 4. The smallest absolute Gasteiger partial charge is 0.328 e. The number of hydrogen-bond donors (Lipinski definition) is 3. The zero-order valence-electron chi connectivity index (χ0n) is 20.7. The molecule has 2 fully saturated rings. The fourth-order valence-electron chi connectivity index (χ4n) is 5.38. The van der Waals surface area contributed by atoms with Crippen LogP contribution in [-0.4, -0.2) is 57.2 Å². The molecule has 2 aromatic heterocycles. The summed E-state index contributed by atoms with van der Waals surface area (Å²) in [6, 6.07) is 8.75. The Kier molecular flexibility index (Phi) is 7.06. The summed E-state index contributed by atoms with van der Waals surface area (Å²) in [6.45, 7) is 8.70. The molecule has 4 N–H and O–H groups in total. The van der Waals surface area contributed by atoms with E-state index in [2.05, 4.69) is 56.4 Å². The fraction of sp³-hybridized carbons (Fsp3) is 0.577. The zero-order chi connectivity index (χ0) is 24.3. The van der Waals surface area contributed by atoms with Gasteiger partial charge in [0.05, 0.1) is 13.2 Å².